The van der Waals surface area contributed by atoms with E-state index in [0.29, 0.717) is 22.2 Å². The molecule has 0 amide bonds. The van der Waals surface area contributed by atoms with E-state index in [9.17, 15) is 5.26 Å². The fraction of sp³-hybridized carbons (Fsp3) is 0.0938. The molecule has 0 saturated heterocycles. The quantitative estimate of drug-likeness (QED) is 0.173. The number of para-hydroxylation sites is 2. The predicted octanol–water partition coefficient (Wildman–Crippen LogP) is 8.18. The van der Waals surface area contributed by atoms with Gasteiger partial charge >= 0.3 is 0 Å². The van der Waals surface area contributed by atoms with Crippen LogP contribution in [0.3, 0.4) is 0 Å². The number of aryl methyl sites for hydroxylation is 1. The number of thioether (sulfide) groups is 1. The number of benzene rings is 4. The van der Waals surface area contributed by atoms with E-state index in [-0.39, 0.29) is 0 Å². The van der Waals surface area contributed by atoms with Gasteiger partial charge in [0.05, 0.1) is 5.69 Å². The second-order valence-corrected chi connectivity index (χ2v) is 9.89. The maximum Gasteiger partial charge on any atom is 0.190 e. The first-order valence-electron chi connectivity index (χ1n) is 12.6. The van der Waals surface area contributed by atoms with Gasteiger partial charge in [0.2, 0.25) is 0 Å². The topological polar surface area (TPSA) is 66.5 Å². The second-order valence-electron chi connectivity index (χ2n) is 8.95. The Kier molecular flexibility index (Phi) is 6.51. The van der Waals surface area contributed by atoms with Crippen LogP contribution in [0.4, 0.5) is 11.5 Å². The van der Waals surface area contributed by atoms with Gasteiger partial charge in [-0.1, -0.05) is 84.6 Å². The number of anilines is 2. The number of nitrogens with one attached hydrogen (secondary N) is 1. The Hall–Kier alpha value is -4.60. The fourth-order valence-corrected chi connectivity index (χ4v) is 5.63. The summed E-state index contributed by atoms with van der Waals surface area (Å²) in [7, 11) is 0. The third-order valence-electron chi connectivity index (χ3n) is 6.61. The molecule has 0 bridgehead atoms. The van der Waals surface area contributed by atoms with E-state index in [1.807, 2.05) is 48.5 Å². The van der Waals surface area contributed by atoms with Crippen molar-refractivity contribution in [3.63, 3.8) is 0 Å². The standard InChI is InChI=1S/C32H25N5S/c1-2-37-28-16-10-9-15-25(28)26-19-23(17-18-29(26)37)30-27(20-33)31(34-24-13-7-4-8-14-24)36-32(35-30)38-21-22-11-5-3-6-12-22/h3-19H,2,21H2,1H3,(H,34,35,36). The predicted molar refractivity (Wildman–Crippen MR) is 157 cm³/mol. The van der Waals surface area contributed by atoms with Gasteiger partial charge in [0.1, 0.15) is 11.6 Å². The molecule has 6 aromatic rings. The van der Waals surface area contributed by atoms with Gasteiger partial charge in [-0.25, -0.2) is 9.97 Å². The largest absolute Gasteiger partial charge is 0.341 e. The van der Waals surface area contributed by atoms with Gasteiger partial charge < -0.3 is 9.88 Å². The van der Waals surface area contributed by atoms with Gasteiger partial charge in [-0.2, -0.15) is 5.26 Å². The highest BCUT2D eigenvalue weighted by Gasteiger charge is 2.19. The van der Waals surface area contributed by atoms with Gasteiger partial charge in [-0.15, -0.1) is 0 Å². The van der Waals surface area contributed by atoms with Gasteiger partial charge in [0.15, 0.2) is 11.0 Å². The Morgan fingerprint density at radius 2 is 1.53 bits per heavy atom. The Morgan fingerprint density at radius 1 is 0.816 bits per heavy atom. The molecule has 0 aliphatic carbocycles. The number of fused-ring (bicyclic) bond motifs is 3. The fourth-order valence-electron chi connectivity index (χ4n) is 4.83. The summed E-state index contributed by atoms with van der Waals surface area (Å²) in [5, 5.41) is 16.6. The average molecular weight is 512 g/mol. The second kappa shape index (κ2) is 10.4. The zero-order valence-corrected chi connectivity index (χ0v) is 21.7. The summed E-state index contributed by atoms with van der Waals surface area (Å²) in [5.74, 6) is 1.25. The van der Waals surface area contributed by atoms with Crippen molar-refractivity contribution in [2.24, 2.45) is 0 Å². The highest BCUT2D eigenvalue weighted by molar-refractivity contribution is 7.98. The van der Waals surface area contributed by atoms with Crippen molar-refractivity contribution < 1.29 is 0 Å². The average Bonchev–Trinajstić information content (AvgIpc) is 3.30. The van der Waals surface area contributed by atoms with Crippen LogP contribution in [0.5, 0.6) is 0 Å². The number of nitrogens with zero attached hydrogens (tertiary/aromatic N) is 4. The lowest BCUT2D eigenvalue weighted by molar-refractivity contribution is 0.827. The van der Waals surface area contributed by atoms with Gasteiger partial charge in [-0.05, 0) is 42.8 Å². The molecule has 5 nitrogen and oxygen atoms in total. The summed E-state index contributed by atoms with van der Waals surface area (Å²) < 4.78 is 2.32. The third kappa shape index (κ3) is 4.49. The van der Waals surface area contributed by atoms with E-state index < -0.39 is 0 Å². The molecule has 4 aromatic carbocycles. The normalized spacial score (nSPS) is 11.1. The molecule has 0 aliphatic rings. The lowest BCUT2D eigenvalue weighted by atomic mass is 10.0. The lowest BCUT2D eigenvalue weighted by Gasteiger charge is -2.13. The smallest absolute Gasteiger partial charge is 0.190 e. The minimum atomic E-state index is 0.427. The van der Waals surface area contributed by atoms with Crippen LogP contribution in [-0.2, 0) is 12.3 Å². The van der Waals surface area contributed by atoms with Crippen LogP contribution in [-0.4, -0.2) is 14.5 Å². The molecule has 0 unspecified atom stereocenters. The number of nitriles is 1. The van der Waals surface area contributed by atoms with E-state index in [1.165, 1.54) is 22.0 Å². The number of aromatic nitrogens is 3. The first-order chi connectivity index (χ1) is 18.7. The molecule has 2 heterocycles. The molecule has 184 valence electrons. The molecule has 38 heavy (non-hydrogen) atoms. The zero-order chi connectivity index (χ0) is 25.9. The van der Waals surface area contributed by atoms with E-state index in [2.05, 4.69) is 77.5 Å². The van der Waals surface area contributed by atoms with E-state index in [0.717, 1.165) is 28.9 Å². The van der Waals surface area contributed by atoms with E-state index >= 15 is 0 Å². The van der Waals surface area contributed by atoms with Crippen LogP contribution in [0, 0.1) is 11.3 Å². The molecule has 0 radical (unpaired) electrons. The monoisotopic (exact) mass is 511 g/mol. The number of rotatable bonds is 7. The molecular weight excluding hydrogens is 486 g/mol. The maximum atomic E-state index is 10.3. The molecule has 0 fully saturated rings. The maximum absolute atomic E-state index is 10.3. The van der Waals surface area contributed by atoms with Crippen LogP contribution >= 0.6 is 11.8 Å². The summed E-state index contributed by atoms with van der Waals surface area (Å²) in [6.07, 6.45) is 0. The summed E-state index contributed by atoms with van der Waals surface area (Å²) in [6.45, 7) is 3.04. The molecule has 0 atom stereocenters. The Balaban J connectivity index is 1.50. The third-order valence-corrected chi connectivity index (χ3v) is 7.53. The van der Waals surface area contributed by atoms with Crippen molar-refractivity contribution in [3.05, 3.63) is 114 Å². The molecule has 1 N–H and O–H groups in total. The Labute approximate surface area is 225 Å². The number of hydrogen-bond donors (Lipinski definition) is 1. The molecule has 6 rings (SSSR count). The van der Waals surface area contributed by atoms with Crippen LogP contribution in [0.25, 0.3) is 33.1 Å². The minimum absolute atomic E-state index is 0.427. The highest BCUT2D eigenvalue weighted by Crippen LogP contribution is 2.36. The van der Waals surface area contributed by atoms with Crippen LogP contribution in [0.1, 0.15) is 18.1 Å². The van der Waals surface area contributed by atoms with Crippen molar-refractivity contribution in [1.82, 2.24) is 14.5 Å². The van der Waals surface area contributed by atoms with Crippen LogP contribution < -0.4 is 5.32 Å². The first-order valence-corrected chi connectivity index (χ1v) is 13.6. The highest BCUT2D eigenvalue weighted by atomic mass is 32.2. The summed E-state index contributed by atoms with van der Waals surface area (Å²) in [5.41, 5.74) is 6.39. The lowest BCUT2D eigenvalue weighted by Crippen LogP contribution is -2.03. The van der Waals surface area contributed by atoms with Crippen molar-refractivity contribution >= 4 is 45.1 Å². The molecule has 0 spiro atoms. The Bertz CT molecular complexity index is 1790. The SMILES string of the molecule is CCn1c2ccccc2c2cc(-c3nc(SCc4ccccc4)nc(Nc4ccccc4)c3C#N)ccc21. The zero-order valence-electron chi connectivity index (χ0n) is 20.9. The van der Waals surface area contributed by atoms with Crippen molar-refractivity contribution in [2.75, 3.05) is 5.32 Å². The molecule has 2 aromatic heterocycles. The molecule has 6 heteroatoms. The Morgan fingerprint density at radius 3 is 2.29 bits per heavy atom. The van der Waals surface area contributed by atoms with E-state index in [1.54, 1.807) is 11.8 Å². The van der Waals surface area contributed by atoms with Gasteiger partial charge in [0, 0.05) is 45.4 Å². The van der Waals surface area contributed by atoms with Crippen molar-refractivity contribution in [2.45, 2.75) is 24.4 Å². The summed E-state index contributed by atoms with van der Waals surface area (Å²) in [6, 6.07) is 37.3. The van der Waals surface area contributed by atoms with Crippen LogP contribution in [0.15, 0.2) is 108 Å². The van der Waals surface area contributed by atoms with Crippen molar-refractivity contribution in [3.8, 4) is 17.3 Å². The minimum Gasteiger partial charge on any atom is -0.341 e. The first kappa shape index (κ1) is 23.8. The van der Waals surface area contributed by atoms with Crippen LogP contribution in [0.2, 0.25) is 0 Å². The molecular formula is C32H25N5S. The molecule has 0 saturated carbocycles. The molecule has 0 aliphatic heterocycles. The number of hydrogen-bond acceptors (Lipinski definition) is 5. The van der Waals surface area contributed by atoms with Gasteiger partial charge in [-0.3, -0.25) is 0 Å². The summed E-state index contributed by atoms with van der Waals surface area (Å²) in [4.78, 5) is 9.71. The van der Waals surface area contributed by atoms with Crippen molar-refractivity contribution in [1.29, 1.82) is 5.26 Å². The van der Waals surface area contributed by atoms with Gasteiger partial charge in [0.25, 0.3) is 0 Å². The summed E-state index contributed by atoms with van der Waals surface area (Å²) >= 11 is 1.56. The van der Waals surface area contributed by atoms with E-state index in [4.69, 9.17) is 9.97 Å².